The highest BCUT2D eigenvalue weighted by Gasteiger charge is 1.98. The zero-order valence-electron chi connectivity index (χ0n) is 17.5. The summed E-state index contributed by atoms with van der Waals surface area (Å²) in [5, 5.41) is 0. The quantitative estimate of drug-likeness (QED) is 0.302. The Kier molecular flexibility index (Phi) is 6.06. The second kappa shape index (κ2) is 9.24. The first-order valence-electron chi connectivity index (χ1n) is 10.4. The maximum absolute atomic E-state index is 2.19. The lowest BCUT2D eigenvalue weighted by molar-refractivity contribution is 1.46. The first kappa shape index (κ1) is 19.7. The fourth-order valence-corrected chi connectivity index (χ4v) is 3.31. The number of hydrogen-bond donors (Lipinski definition) is 0. The van der Waals surface area contributed by atoms with Crippen molar-refractivity contribution >= 4 is 24.3 Å². The van der Waals surface area contributed by atoms with Crippen LogP contribution < -0.4 is 0 Å². The molecule has 0 N–H and O–H groups in total. The van der Waals surface area contributed by atoms with Crippen molar-refractivity contribution in [1.29, 1.82) is 0 Å². The molecule has 0 saturated heterocycles. The Morgan fingerprint density at radius 1 is 0.333 bits per heavy atom. The Balaban J connectivity index is 1.42. The molecule has 0 aliphatic carbocycles. The molecule has 4 rings (SSSR count). The molecule has 0 spiro atoms. The summed E-state index contributed by atoms with van der Waals surface area (Å²) in [4.78, 5) is 0. The lowest BCUT2D eigenvalue weighted by atomic mass is 10.0. The monoisotopic (exact) mass is 386 g/mol. The van der Waals surface area contributed by atoms with Gasteiger partial charge < -0.3 is 0 Å². The summed E-state index contributed by atoms with van der Waals surface area (Å²) < 4.78 is 0. The van der Waals surface area contributed by atoms with E-state index in [2.05, 4.69) is 135 Å². The van der Waals surface area contributed by atoms with Crippen LogP contribution in [0.5, 0.6) is 0 Å². The van der Waals surface area contributed by atoms with Gasteiger partial charge in [0.2, 0.25) is 0 Å². The highest BCUT2D eigenvalue weighted by molar-refractivity contribution is 5.74. The molecule has 0 amide bonds. The first-order chi connectivity index (χ1) is 14.7. The molecule has 0 aromatic heterocycles. The Hall–Kier alpha value is -3.64. The summed E-state index contributed by atoms with van der Waals surface area (Å²) in [5.41, 5.74) is 9.89. The van der Waals surface area contributed by atoms with E-state index in [0.29, 0.717) is 0 Å². The summed E-state index contributed by atoms with van der Waals surface area (Å²) in [6.45, 7) is 4.22. The van der Waals surface area contributed by atoms with E-state index in [4.69, 9.17) is 0 Å². The minimum Gasteiger partial charge on any atom is -0.0587 e. The summed E-state index contributed by atoms with van der Waals surface area (Å²) in [6, 6.07) is 34.6. The molecule has 0 atom stereocenters. The summed E-state index contributed by atoms with van der Waals surface area (Å²) in [5.74, 6) is 0. The lowest BCUT2D eigenvalue weighted by Crippen LogP contribution is -1.80. The number of aryl methyl sites for hydroxylation is 2. The normalized spacial score (nSPS) is 11.4. The van der Waals surface area contributed by atoms with Crippen molar-refractivity contribution in [3.8, 4) is 11.1 Å². The van der Waals surface area contributed by atoms with Gasteiger partial charge in [-0.05, 0) is 47.2 Å². The van der Waals surface area contributed by atoms with Crippen molar-refractivity contribution in [2.24, 2.45) is 0 Å². The van der Waals surface area contributed by atoms with E-state index in [1.165, 1.54) is 44.5 Å². The maximum atomic E-state index is 2.19. The molecule has 0 fully saturated rings. The molecule has 30 heavy (non-hydrogen) atoms. The first-order valence-corrected chi connectivity index (χ1v) is 10.4. The van der Waals surface area contributed by atoms with Gasteiger partial charge in [-0.15, -0.1) is 0 Å². The zero-order valence-corrected chi connectivity index (χ0v) is 17.5. The highest BCUT2D eigenvalue weighted by atomic mass is 14.0. The van der Waals surface area contributed by atoms with Crippen LogP contribution in [0.3, 0.4) is 0 Å². The van der Waals surface area contributed by atoms with Gasteiger partial charge in [0.15, 0.2) is 0 Å². The van der Waals surface area contributed by atoms with Crippen LogP contribution in [0.4, 0.5) is 0 Å². The molecule has 146 valence electrons. The summed E-state index contributed by atoms with van der Waals surface area (Å²) in [7, 11) is 0. The number of rotatable bonds is 5. The van der Waals surface area contributed by atoms with E-state index in [1.807, 2.05) is 0 Å². The molecule has 0 heteroatoms. The average molecular weight is 387 g/mol. The molecule has 0 nitrogen and oxygen atoms in total. The van der Waals surface area contributed by atoms with E-state index in [1.54, 1.807) is 0 Å². The highest BCUT2D eigenvalue weighted by Crippen LogP contribution is 2.22. The second-order valence-electron chi connectivity index (χ2n) is 7.73. The van der Waals surface area contributed by atoms with Crippen LogP contribution in [0, 0.1) is 13.8 Å². The van der Waals surface area contributed by atoms with Crippen LogP contribution in [0.2, 0.25) is 0 Å². The third kappa shape index (κ3) is 5.24. The van der Waals surface area contributed by atoms with Crippen LogP contribution in [0.25, 0.3) is 35.4 Å². The topological polar surface area (TPSA) is 0 Å². The van der Waals surface area contributed by atoms with Gasteiger partial charge in [0, 0.05) is 0 Å². The lowest BCUT2D eigenvalue weighted by Gasteiger charge is -2.04. The molecule has 0 aliphatic rings. The van der Waals surface area contributed by atoms with E-state index in [0.717, 1.165) is 0 Å². The van der Waals surface area contributed by atoms with Gasteiger partial charge in [0.1, 0.15) is 0 Å². The van der Waals surface area contributed by atoms with Crippen molar-refractivity contribution in [3.63, 3.8) is 0 Å². The smallest absolute Gasteiger partial charge is 0.0184 e. The van der Waals surface area contributed by atoms with Crippen molar-refractivity contribution < 1.29 is 0 Å². The van der Waals surface area contributed by atoms with Crippen molar-refractivity contribution in [2.75, 3.05) is 0 Å². The fraction of sp³-hybridized carbons (Fsp3) is 0.0667. The third-order valence-corrected chi connectivity index (χ3v) is 5.25. The van der Waals surface area contributed by atoms with E-state index in [9.17, 15) is 0 Å². The van der Waals surface area contributed by atoms with Gasteiger partial charge in [0.25, 0.3) is 0 Å². The molecule has 0 radical (unpaired) electrons. The van der Waals surface area contributed by atoms with Crippen LogP contribution >= 0.6 is 0 Å². The maximum Gasteiger partial charge on any atom is -0.0184 e. The Bertz CT molecular complexity index is 1040. The van der Waals surface area contributed by atoms with Gasteiger partial charge >= 0.3 is 0 Å². The zero-order chi connectivity index (χ0) is 20.8. The van der Waals surface area contributed by atoms with Crippen LogP contribution in [-0.4, -0.2) is 0 Å². The van der Waals surface area contributed by atoms with Crippen LogP contribution in [0.1, 0.15) is 33.4 Å². The number of benzene rings is 4. The molecular weight excluding hydrogens is 360 g/mol. The Morgan fingerprint density at radius 2 is 0.567 bits per heavy atom. The minimum absolute atomic E-state index is 1.21. The van der Waals surface area contributed by atoms with Gasteiger partial charge in [-0.2, -0.15) is 0 Å². The van der Waals surface area contributed by atoms with Crippen LogP contribution in [-0.2, 0) is 0 Å². The molecule has 0 unspecified atom stereocenters. The minimum atomic E-state index is 1.21. The second-order valence-corrected chi connectivity index (χ2v) is 7.73. The van der Waals surface area contributed by atoms with Gasteiger partial charge in [-0.3, -0.25) is 0 Å². The van der Waals surface area contributed by atoms with E-state index < -0.39 is 0 Å². The third-order valence-electron chi connectivity index (χ3n) is 5.25. The standard InChI is InChI=1S/C30H26/c1-23-3-7-25(8-4-23)11-13-27-15-19-29(20-16-27)30-21-17-28(18-22-30)14-12-26-9-5-24(2)6-10-26/h3-22H,1-2H3. The molecule has 4 aromatic rings. The van der Waals surface area contributed by atoms with Crippen molar-refractivity contribution in [1.82, 2.24) is 0 Å². The predicted octanol–water partition coefficient (Wildman–Crippen LogP) is 8.31. The Labute approximate surface area is 179 Å². The molecular formula is C30H26. The van der Waals surface area contributed by atoms with Gasteiger partial charge in [0.05, 0.1) is 0 Å². The van der Waals surface area contributed by atoms with Crippen molar-refractivity contribution in [3.05, 3.63) is 130 Å². The Morgan fingerprint density at radius 3 is 0.833 bits per heavy atom. The fourth-order valence-electron chi connectivity index (χ4n) is 3.31. The van der Waals surface area contributed by atoms with Crippen molar-refractivity contribution in [2.45, 2.75) is 13.8 Å². The van der Waals surface area contributed by atoms with Gasteiger partial charge in [-0.1, -0.05) is 132 Å². The summed E-state index contributed by atoms with van der Waals surface area (Å²) in [6.07, 6.45) is 8.63. The van der Waals surface area contributed by atoms with Crippen LogP contribution in [0.15, 0.2) is 97.1 Å². The van der Waals surface area contributed by atoms with E-state index in [-0.39, 0.29) is 0 Å². The molecule has 4 aromatic carbocycles. The predicted molar refractivity (Wildman–Crippen MR) is 132 cm³/mol. The summed E-state index contributed by atoms with van der Waals surface area (Å²) >= 11 is 0. The SMILES string of the molecule is Cc1ccc(C=Cc2ccc(-c3ccc(C=Cc4ccc(C)cc4)cc3)cc2)cc1. The molecule has 0 bridgehead atoms. The largest absolute Gasteiger partial charge is 0.0587 e. The number of hydrogen-bond acceptors (Lipinski definition) is 0. The van der Waals surface area contributed by atoms with Gasteiger partial charge in [-0.25, -0.2) is 0 Å². The molecule has 0 heterocycles. The average Bonchev–Trinajstić information content (AvgIpc) is 2.79. The molecule has 0 aliphatic heterocycles. The molecule has 0 saturated carbocycles. The van der Waals surface area contributed by atoms with E-state index >= 15 is 0 Å².